The van der Waals surface area contributed by atoms with Crippen LogP contribution in [0.2, 0.25) is 0 Å². The number of hydrogen-bond acceptors (Lipinski definition) is 3. The number of likely N-dealkylation sites (tertiary alicyclic amines) is 1. The molecule has 2 aliphatic heterocycles. The normalized spacial score (nSPS) is 31.8. The van der Waals surface area contributed by atoms with Crippen LogP contribution in [-0.4, -0.2) is 49.7 Å². The van der Waals surface area contributed by atoms with Crippen LogP contribution in [0.15, 0.2) is 0 Å². The summed E-state index contributed by atoms with van der Waals surface area (Å²) < 4.78 is 5.67. The van der Waals surface area contributed by atoms with Crippen molar-refractivity contribution in [3.05, 3.63) is 0 Å². The third kappa shape index (κ3) is 3.19. The Hall–Kier alpha value is -0.610. The molecule has 2 fully saturated rings. The Balaban J connectivity index is 1.67. The summed E-state index contributed by atoms with van der Waals surface area (Å²) in [7, 11) is 1.88. The molecule has 0 aromatic rings. The van der Waals surface area contributed by atoms with Crippen molar-refractivity contribution in [3.63, 3.8) is 0 Å². The zero-order chi connectivity index (χ0) is 11.4. The Bertz CT molecular complexity index is 239. The number of hydrogen-bond donors (Lipinski definition) is 1. The number of rotatable bonds is 3. The molecule has 0 aliphatic carbocycles. The quantitative estimate of drug-likeness (QED) is 0.772. The Morgan fingerprint density at radius 2 is 2.31 bits per heavy atom. The van der Waals surface area contributed by atoms with Gasteiger partial charge in [-0.25, -0.2) is 0 Å². The van der Waals surface area contributed by atoms with Gasteiger partial charge in [0.2, 0.25) is 5.91 Å². The number of likely N-dealkylation sites (N-methyl/N-ethyl adjacent to an activating group) is 1. The first kappa shape index (κ1) is 11.9. The fourth-order valence-electron chi connectivity index (χ4n) is 2.45. The minimum atomic E-state index is 0.270. The highest BCUT2D eigenvalue weighted by Crippen LogP contribution is 2.13. The second-order valence-electron chi connectivity index (χ2n) is 4.91. The average Bonchev–Trinajstić information content (AvgIpc) is 2.32. The van der Waals surface area contributed by atoms with Crippen LogP contribution < -0.4 is 5.32 Å². The van der Waals surface area contributed by atoms with Gasteiger partial charge < -0.3 is 15.0 Å². The minimum Gasteiger partial charge on any atom is -0.377 e. The average molecular weight is 226 g/mol. The van der Waals surface area contributed by atoms with E-state index < -0.39 is 0 Å². The van der Waals surface area contributed by atoms with Crippen LogP contribution in [0, 0.1) is 0 Å². The summed E-state index contributed by atoms with van der Waals surface area (Å²) in [6, 6.07) is 0.452. The van der Waals surface area contributed by atoms with Gasteiger partial charge in [-0.3, -0.25) is 4.79 Å². The van der Waals surface area contributed by atoms with E-state index in [2.05, 4.69) is 5.32 Å². The second-order valence-corrected chi connectivity index (χ2v) is 4.91. The number of amides is 1. The predicted octanol–water partition coefficient (Wildman–Crippen LogP) is 0.766. The van der Waals surface area contributed by atoms with Gasteiger partial charge in [0.25, 0.3) is 0 Å². The number of piperidine rings is 1. The standard InChI is InChI=1S/C12H22N2O2/c1-14-9-10(5-6-12(14)15)13-8-11-4-2-3-7-16-11/h10-11,13H,2-9H2,1H3. The van der Waals surface area contributed by atoms with Gasteiger partial charge in [-0.15, -0.1) is 0 Å². The molecule has 1 amide bonds. The Kier molecular flexibility index (Phi) is 4.18. The molecule has 2 rings (SSSR count). The lowest BCUT2D eigenvalue weighted by Crippen LogP contribution is -2.48. The largest absolute Gasteiger partial charge is 0.377 e. The molecule has 1 N–H and O–H groups in total. The molecule has 2 heterocycles. The summed E-state index contributed by atoms with van der Waals surface area (Å²) >= 11 is 0. The number of ether oxygens (including phenoxy) is 1. The molecule has 0 aromatic carbocycles. The van der Waals surface area contributed by atoms with Gasteiger partial charge >= 0.3 is 0 Å². The summed E-state index contributed by atoms with van der Waals surface area (Å²) in [5.74, 6) is 0.270. The lowest BCUT2D eigenvalue weighted by molar-refractivity contribution is -0.132. The van der Waals surface area contributed by atoms with Crippen molar-refractivity contribution in [1.29, 1.82) is 0 Å². The molecule has 0 spiro atoms. The predicted molar refractivity (Wildman–Crippen MR) is 62.3 cm³/mol. The maximum atomic E-state index is 11.3. The highest BCUT2D eigenvalue weighted by molar-refractivity contribution is 5.76. The van der Waals surface area contributed by atoms with Gasteiger partial charge in [0.1, 0.15) is 0 Å². The second kappa shape index (κ2) is 5.64. The smallest absolute Gasteiger partial charge is 0.222 e. The number of nitrogens with zero attached hydrogens (tertiary/aromatic N) is 1. The van der Waals surface area contributed by atoms with E-state index in [1.54, 1.807) is 0 Å². The van der Waals surface area contributed by atoms with E-state index in [0.29, 0.717) is 18.6 Å². The summed E-state index contributed by atoms with van der Waals surface area (Å²) in [5, 5.41) is 3.52. The maximum absolute atomic E-state index is 11.3. The summed E-state index contributed by atoms with van der Waals surface area (Å²) in [5.41, 5.74) is 0. The van der Waals surface area contributed by atoms with Crippen molar-refractivity contribution in [2.24, 2.45) is 0 Å². The van der Waals surface area contributed by atoms with Crippen LogP contribution in [-0.2, 0) is 9.53 Å². The Morgan fingerprint density at radius 1 is 1.44 bits per heavy atom. The van der Waals surface area contributed by atoms with Crippen molar-refractivity contribution < 1.29 is 9.53 Å². The number of nitrogens with one attached hydrogen (secondary N) is 1. The van der Waals surface area contributed by atoms with E-state index >= 15 is 0 Å². The fourth-order valence-corrected chi connectivity index (χ4v) is 2.45. The molecule has 4 heteroatoms. The minimum absolute atomic E-state index is 0.270. The zero-order valence-corrected chi connectivity index (χ0v) is 10.1. The molecule has 2 saturated heterocycles. The highest BCUT2D eigenvalue weighted by Gasteiger charge is 2.23. The molecule has 2 unspecified atom stereocenters. The van der Waals surface area contributed by atoms with Gasteiger partial charge in [-0.1, -0.05) is 0 Å². The van der Waals surface area contributed by atoms with E-state index in [4.69, 9.17) is 4.74 Å². The van der Waals surface area contributed by atoms with E-state index in [1.165, 1.54) is 19.3 Å². The fraction of sp³-hybridized carbons (Fsp3) is 0.917. The molecular formula is C12H22N2O2. The van der Waals surface area contributed by atoms with Crippen LogP contribution in [0.4, 0.5) is 0 Å². The van der Waals surface area contributed by atoms with E-state index in [0.717, 1.165) is 26.1 Å². The molecule has 2 atom stereocenters. The van der Waals surface area contributed by atoms with Crippen LogP contribution in [0.25, 0.3) is 0 Å². The maximum Gasteiger partial charge on any atom is 0.222 e. The highest BCUT2D eigenvalue weighted by atomic mass is 16.5. The van der Waals surface area contributed by atoms with E-state index in [9.17, 15) is 4.79 Å². The third-order valence-corrected chi connectivity index (χ3v) is 3.53. The van der Waals surface area contributed by atoms with Crippen molar-refractivity contribution >= 4 is 5.91 Å². The van der Waals surface area contributed by atoms with E-state index in [-0.39, 0.29) is 5.91 Å². The monoisotopic (exact) mass is 226 g/mol. The van der Waals surface area contributed by atoms with Crippen LogP contribution in [0.3, 0.4) is 0 Å². The van der Waals surface area contributed by atoms with Crippen LogP contribution in [0.1, 0.15) is 32.1 Å². The lowest BCUT2D eigenvalue weighted by atomic mass is 10.0. The number of carbonyl (C=O) groups excluding carboxylic acids is 1. The van der Waals surface area contributed by atoms with Gasteiger partial charge in [-0.2, -0.15) is 0 Å². The summed E-state index contributed by atoms with van der Waals surface area (Å²) in [6.45, 7) is 2.69. The summed E-state index contributed by atoms with van der Waals surface area (Å²) in [4.78, 5) is 13.1. The molecule has 92 valence electrons. The van der Waals surface area contributed by atoms with Gasteiger partial charge in [0.05, 0.1) is 6.10 Å². The van der Waals surface area contributed by atoms with Crippen molar-refractivity contribution in [2.75, 3.05) is 26.7 Å². The van der Waals surface area contributed by atoms with E-state index in [1.807, 2.05) is 11.9 Å². The van der Waals surface area contributed by atoms with Crippen LogP contribution >= 0.6 is 0 Å². The van der Waals surface area contributed by atoms with Crippen molar-refractivity contribution in [3.8, 4) is 0 Å². The van der Waals surface area contributed by atoms with Gasteiger partial charge in [0.15, 0.2) is 0 Å². The molecule has 2 aliphatic rings. The van der Waals surface area contributed by atoms with Crippen LogP contribution in [0.5, 0.6) is 0 Å². The molecule has 0 saturated carbocycles. The molecule has 16 heavy (non-hydrogen) atoms. The lowest BCUT2D eigenvalue weighted by Gasteiger charge is -2.32. The first-order valence-corrected chi connectivity index (χ1v) is 6.34. The van der Waals surface area contributed by atoms with Gasteiger partial charge in [0, 0.05) is 39.2 Å². The molecule has 0 aromatic heterocycles. The molecule has 4 nitrogen and oxygen atoms in total. The third-order valence-electron chi connectivity index (χ3n) is 3.53. The Morgan fingerprint density at radius 3 is 3.00 bits per heavy atom. The zero-order valence-electron chi connectivity index (χ0n) is 10.1. The first-order valence-electron chi connectivity index (χ1n) is 6.34. The topological polar surface area (TPSA) is 41.6 Å². The van der Waals surface area contributed by atoms with Gasteiger partial charge in [-0.05, 0) is 25.7 Å². The molecular weight excluding hydrogens is 204 g/mol. The Labute approximate surface area is 97.3 Å². The molecule has 0 radical (unpaired) electrons. The summed E-state index contributed by atoms with van der Waals surface area (Å²) in [6.07, 6.45) is 5.70. The SMILES string of the molecule is CN1CC(NCC2CCCCO2)CCC1=O. The first-order chi connectivity index (χ1) is 7.75. The number of carbonyl (C=O) groups is 1. The molecule has 0 bridgehead atoms. The van der Waals surface area contributed by atoms with Crippen molar-refractivity contribution in [1.82, 2.24) is 10.2 Å². The van der Waals surface area contributed by atoms with Crippen molar-refractivity contribution in [2.45, 2.75) is 44.2 Å².